The van der Waals surface area contributed by atoms with Crippen molar-refractivity contribution < 1.29 is 13.4 Å². The molecule has 0 aliphatic carbocycles. The van der Waals surface area contributed by atoms with E-state index in [-0.39, 0.29) is 5.82 Å². The standard InChI is InChI=1S/C21H17BrFN2O/c1-13-7-19-20(8-14(13)2)26-21(24-19)16-9-17(22)12-25(11-16)10-15-3-5-18(23)6-4-15/h3-9,11-12H,10H2,1-2H3/q+1. The van der Waals surface area contributed by atoms with Crippen LogP contribution in [0.15, 0.2) is 63.7 Å². The first-order valence-electron chi connectivity index (χ1n) is 8.30. The molecule has 0 aliphatic heterocycles. The van der Waals surface area contributed by atoms with Crippen LogP contribution in [0.4, 0.5) is 4.39 Å². The molecule has 0 fully saturated rings. The van der Waals surface area contributed by atoms with Crippen molar-refractivity contribution in [1.82, 2.24) is 4.98 Å². The number of oxazole rings is 1. The predicted molar refractivity (Wildman–Crippen MR) is 102 cm³/mol. The minimum absolute atomic E-state index is 0.231. The van der Waals surface area contributed by atoms with Crippen LogP contribution in [0.5, 0.6) is 0 Å². The molecule has 0 bridgehead atoms. The van der Waals surface area contributed by atoms with E-state index in [4.69, 9.17) is 4.42 Å². The summed E-state index contributed by atoms with van der Waals surface area (Å²) in [5.41, 5.74) is 5.91. The Morgan fingerprint density at radius 3 is 2.54 bits per heavy atom. The largest absolute Gasteiger partial charge is 0.436 e. The van der Waals surface area contributed by atoms with E-state index >= 15 is 0 Å². The molecule has 2 aromatic heterocycles. The third kappa shape index (κ3) is 3.40. The van der Waals surface area contributed by atoms with Crippen LogP contribution in [-0.4, -0.2) is 4.98 Å². The van der Waals surface area contributed by atoms with Crippen LogP contribution in [0, 0.1) is 19.7 Å². The summed E-state index contributed by atoms with van der Waals surface area (Å²) >= 11 is 3.55. The molecule has 3 nitrogen and oxygen atoms in total. The van der Waals surface area contributed by atoms with Crippen LogP contribution >= 0.6 is 15.9 Å². The molecule has 0 spiro atoms. The van der Waals surface area contributed by atoms with Gasteiger partial charge < -0.3 is 4.42 Å². The number of fused-ring (bicyclic) bond motifs is 1. The first-order chi connectivity index (χ1) is 12.5. The van der Waals surface area contributed by atoms with E-state index in [1.54, 1.807) is 12.1 Å². The molecule has 4 rings (SSSR count). The van der Waals surface area contributed by atoms with Gasteiger partial charge in [-0.25, -0.2) is 9.37 Å². The molecule has 0 atom stereocenters. The number of halogens is 2. The lowest BCUT2D eigenvalue weighted by Gasteiger charge is -2.01. The Kier molecular flexibility index (Phi) is 4.32. The average Bonchev–Trinajstić information content (AvgIpc) is 3.00. The average molecular weight is 412 g/mol. The Labute approximate surface area is 159 Å². The van der Waals surface area contributed by atoms with E-state index in [0.717, 1.165) is 26.7 Å². The van der Waals surface area contributed by atoms with Crippen LogP contribution in [0.1, 0.15) is 16.7 Å². The van der Waals surface area contributed by atoms with Gasteiger partial charge in [0.15, 0.2) is 24.5 Å². The zero-order chi connectivity index (χ0) is 18.3. The molecule has 0 saturated carbocycles. The highest BCUT2D eigenvalue weighted by molar-refractivity contribution is 9.10. The first kappa shape index (κ1) is 16.9. The fourth-order valence-electron chi connectivity index (χ4n) is 2.91. The second kappa shape index (κ2) is 6.65. The summed E-state index contributed by atoms with van der Waals surface area (Å²) in [6.45, 7) is 4.76. The third-order valence-electron chi connectivity index (χ3n) is 4.42. The molecule has 2 aromatic carbocycles. The molecule has 5 heteroatoms. The summed E-state index contributed by atoms with van der Waals surface area (Å²) in [6.07, 6.45) is 3.96. The van der Waals surface area contributed by atoms with Crippen LogP contribution in [0.2, 0.25) is 0 Å². The predicted octanol–water partition coefficient (Wildman–Crippen LogP) is 5.35. The van der Waals surface area contributed by atoms with Crippen LogP contribution in [0.3, 0.4) is 0 Å². The smallest absolute Gasteiger partial charge is 0.233 e. The highest BCUT2D eigenvalue weighted by Crippen LogP contribution is 2.27. The number of benzene rings is 2. The van der Waals surface area contributed by atoms with E-state index < -0.39 is 0 Å². The van der Waals surface area contributed by atoms with Gasteiger partial charge in [-0.15, -0.1) is 0 Å². The highest BCUT2D eigenvalue weighted by atomic mass is 79.9. The maximum Gasteiger partial charge on any atom is 0.233 e. The molecule has 0 unspecified atom stereocenters. The summed E-state index contributed by atoms with van der Waals surface area (Å²) in [6, 6.07) is 12.6. The first-order valence-corrected chi connectivity index (χ1v) is 9.09. The third-order valence-corrected chi connectivity index (χ3v) is 4.85. The number of hydrogen-bond acceptors (Lipinski definition) is 2. The Bertz CT molecular complexity index is 1060. The molecule has 0 amide bonds. The number of aromatic nitrogens is 2. The summed E-state index contributed by atoms with van der Waals surface area (Å²) in [4.78, 5) is 4.64. The summed E-state index contributed by atoms with van der Waals surface area (Å²) in [5, 5.41) is 0. The zero-order valence-electron chi connectivity index (χ0n) is 14.5. The van der Waals surface area contributed by atoms with Gasteiger partial charge in [-0.05, 0) is 83.4 Å². The van der Waals surface area contributed by atoms with E-state index in [0.29, 0.717) is 12.4 Å². The SMILES string of the molecule is Cc1cc2nc(-c3cc(Br)c[n+](Cc4ccc(F)cc4)c3)oc2cc1C. The quantitative estimate of drug-likeness (QED) is 0.425. The molecule has 4 aromatic rings. The number of pyridine rings is 1. The molecular formula is C21H17BrFN2O+. The van der Waals surface area contributed by atoms with Crippen molar-refractivity contribution in [2.75, 3.05) is 0 Å². The van der Waals surface area contributed by atoms with Gasteiger partial charge in [0.1, 0.15) is 16.9 Å². The van der Waals surface area contributed by atoms with Gasteiger partial charge in [0.05, 0.1) is 4.47 Å². The van der Waals surface area contributed by atoms with E-state index in [1.165, 1.54) is 23.3 Å². The Balaban J connectivity index is 1.72. The number of hydrogen-bond donors (Lipinski definition) is 0. The maximum absolute atomic E-state index is 13.1. The molecule has 0 N–H and O–H groups in total. The zero-order valence-corrected chi connectivity index (χ0v) is 16.0. The van der Waals surface area contributed by atoms with Crippen molar-refractivity contribution in [2.45, 2.75) is 20.4 Å². The monoisotopic (exact) mass is 411 g/mol. The lowest BCUT2D eigenvalue weighted by atomic mass is 10.1. The molecule has 2 heterocycles. The van der Waals surface area contributed by atoms with Crippen molar-refractivity contribution >= 4 is 27.0 Å². The van der Waals surface area contributed by atoms with Gasteiger partial charge in [0.25, 0.3) is 0 Å². The van der Waals surface area contributed by atoms with Crippen molar-refractivity contribution in [3.63, 3.8) is 0 Å². The van der Waals surface area contributed by atoms with E-state index in [9.17, 15) is 4.39 Å². The molecule has 130 valence electrons. The number of nitrogens with zero attached hydrogens (tertiary/aromatic N) is 2. The van der Waals surface area contributed by atoms with Crippen LogP contribution in [0.25, 0.3) is 22.6 Å². The van der Waals surface area contributed by atoms with Gasteiger partial charge in [-0.2, -0.15) is 4.57 Å². The Morgan fingerprint density at radius 1 is 1.04 bits per heavy atom. The summed E-state index contributed by atoms with van der Waals surface area (Å²) in [7, 11) is 0. The van der Waals surface area contributed by atoms with Crippen molar-refractivity contribution in [3.05, 3.63) is 81.8 Å². The molecule has 0 saturated heterocycles. The Hall–Kier alpha value is -2.53. The normalized spacial score (nSPS) is 11.2. The fourth-order valence-corrected chi connectivity index (χ4v) is 3.42. The maximum atomic E-state index is 13.1. The lowest BCUT2D eigenvalue weighted by Crippen LogP contribution is -2.33. The minimum atomic E-state index is -0.231. The topological polar surface area (TPSA) is 29.9 Å². The van der Waals surface area contributed by atoms with Crippen LogP contribution in [-0.2, 0) is 6.54 Å². The second-order valence-electron chi connectivity index (χ2n) is 6.46. The number of rotatable bonds is 3. The van der Waals surface area contributed by atoms with E-state index in [2.05, 4.69) is 34.8 Å². The van der Waals surface area contributed by atoms with Gasteiger partial charge >= 0.3 is 0 Å². The molecule has 26 heavy (non-hydrogen) atoms. The fraction of sp³-hybridized carbons (Fsp3) is 0.143. The minimum Gasteiger partial charge on any atom is -0.436 e. The summed E-state index contributed by atoms with van der Waals surface area (Å²) < 4.78 is 22.0. The van der Waals surface area contributed by atoms with Crippen molar-refractivity contribution in [1.29, 1.82) is 0 Å². The highest BCUT2D eigenvalue weighted by Gasteiger charge is 2.15. The van der Waals surface area contributed by atoms with E-state index in [1.807, 2.05) is 35.2 Å². The molecule has 0 radical (unpaired) electrons. The number of aryl methyl sites for hydroxylation is 2. The molecular weight excluding hydrogens is 395 g/mol. The van der Waals surface area contributed by atoms with Gasteiger partial charge in [-0.3, -0.25) is 0 Å². The lowest BCUT2D eigenvalue weighted by molar-refractivity contribution is -0.688. The Morgan fingerprint density at radius 2 is 1.77 bits per heavy atom. The van der Waals surface area contributed by atoms with Gasteiger partial charge in [0.2, 0.25) is 5.89 Å². The van der Waals surface area contributed by atoms with Gasteiger partial charge in [-0.1, -0.05) is 0 Å². The summed E-state index contributed by atoms with van der Waals surface area (Å²) in [5.74, 6) is 0.352. The van der Waals surface area contributed by atoms with Crippen LogP contribution < -0.4 is 4.57 Å². The van der Waals surface area contributed by atoms with Crippen molar-refractivity contribution in [3.8, 4) is 11.5 Å². The van der Waals surface area contributed by atoms with Crippen molar-refractivity contribution in [2.24, 2.45) is 0 Å². The second-order valence-corrected chi connectivity index (χ2v) is 7.38. The van der Waals surface area contributed by atoms with Gasteiger partial charge in [0, 0.05) is 5.56 Å². The molecule has 0 aliphatic rings.